The van der Waals surface area contributed by atoms with Crippen LogP contribution in [0, 0.1) is 15.2 Å². The van der Waals surface area contributed by atoms with Crippen molar-refractivity contribution >= 4 is 45.8 Å². The Morgan fingerprint density at radius 1 is 1.15 bits per heavy atom. The molecule has 106 valence electrons. The molecule has 6 heteroatoms. The molecule has 0 bridgehead atoms. The third kappa shape index (κ3) is 3.18. The lowest BCUT2D eigenvalue weighted by molar-refractivity contribution is 0.405. The Balaban J connectivity index is 2.53. The van der Waals surface area contributed by atoms with Crippen molar-refractivity contribution in [2.75, 3.05) is 7.11 Å². The average Bonchev–Trinajstić information content (AvgIpc) is 2.40. The van der Waals surface area contributed by atoms with E-state index in [2.05, 4.69) is 0 Å². The number of rotatable bonds is 3. The number of halogens is 5. The second kappa shape index (κ2) is 6.45. The Hall–Kier alpha value is -0.590. The van der Waals surface area contributed by atoms with Crippen LogP contribution in [-0.2, 0) is 0 Å². The Kier molecular flexibility index (Phi) is 5.09. The van der Waals surface area contributed by atoms with Crippen molar-refractivity contribution in [3.63, 3.8) is 0 Å². The fourth-order valence-corrected chi connectivity index (χ4v) is 3.19. The number of hydrogen-bond acceptors (Lipinski definition) is 1. The summed E-state index contributed by atoms with van der Waals surface area (Å²) in [5.41, 5.74) is 0.343. The molecule has 20 heavy (non-hydrogen) atoms. The van der Waals surface area contributed by atoms with Gasteiger partial charge in [0.25, 0.3) is 0 Å². The van der Waals surface area contributed by atoms with Crippen LogP contribution in [0.2, 0.25) is 5.02 Å². The maximum atomic E-state index is 14.0. The van der Waals surface area contributed by atoms with Crippen molar-refractivity contribution in [2.24, 2.45) is 0 Å². The zero-order valence-corrected chi connectivity index (χ0v) is 13.9. The van der Waals surface area contributed by atoms with Gasteiger partial charge in [-0.05, 0) is 46.4 Å². The Morgan fingerprint density at radius 3 is 2.30 bits per heavy atom. The molecule has 0 saturated carbocycles. The molecule has 1 nitrogen and oxygen atoms in total. The summed E-state index contributed by atoms with van der Waals surface area (Å²) in [5.74, 6) is -1.40. The van der Waals surface area contributed by atoms with E-state index in [0.717, 1.165) is 15.7 Å². The van der Waals surface area contributed by atoms with Crippen molar-refractivity contribution in [1.82, 2.24) is 0 Å². The molecule has 0 N–H and O–H groups in total. The van der Waals surface area contributed by atoms with Gasteiger partial charge in [-0.15, -0.1) is 11.6 Å². The zero-order chi connectivity index (χ0) is 14.9. The number of benzene rings is 2. The predicted molar refractivity (Wildman–Crippen MR) is 84.8 cm³/mol. The molecular formula is C14H9Cl2F2IO. The Bertz CT molecular complexity index is 626. The molecule has 1 atom stereocenters. The predicted octanol–water partition coefficient (Wildman–Crippen LogP) is 5.56. The highest BCUT2D eigenvalue weighted by Gasteiger charge is 2.23. The number of methoxy groups -OCH3 is 1. The van der Waals surface area contributed by atoms with Crippen LogP contribution in [0.4, 0.5) is 8.78 Å². The molecule has 0 heterocycles. The molecule has 0 spiro atoms. The molecular weight excluding hydrogens is 420 g/mol. The summed E-state index contributed by atoms with van der Waals surface area (Å²) < 4.78 is 33.6. The lowest BCUT2D eigenvalue weighted by atomic mass is 10.0. The lowest BCUT2D eigenvalue weighted by Gasteiger charge is -2.15. The average molecular weight is 429 g/mol. The lowest BCUT2D eigenvalue weighted by Crippen LogP contribution is -2.03. The molecule has 1 unspecified atom stereocenters. The topological polar surface area (TPSA) is 9.23 Å². The SMILES string of the molecule is COc1cc(F)c(C(Cl)c2cc(Cl)ccc2I)c(F)c1. The van der Waals surface area contributed by atoms with Crippen molar-refractivity contribution in [3.8, 4) is 5.75 Å². The van der Waals surface area contributed by atoms with Gasteiger partial charge >= 0.3 is 0 Å². The van der Waals surface area contributed by atoms with Crippen LogP contribution >= 0.6 is 45.8 Å². The fraction of sp³-hybridized carbons (Fsp3) is 0.143. The Morgan fingerprint density at radius 2 is 1.75 bits per heavy atom. The molecule has 0 aromatic heterocycles. The van der Waals surface area contributed by atoms with Gasteiger partial charge in [-0.3, -0.25) is 0 Å². The van der Waals surface area contributed by atoms with Gasteiger partial charge in [0.2, 0.25) is 0 Å². The van der Waals surface area contributed by atoms with Crippen LogP contribution in [-0.4, -0.2) is 7.11 Å². The standard InChI is InChI=1S/C14H9Cl2F2IO/c1-20-8-5-10(17)13(11(18)6-8)14(16)9-4-7(15)2-3-12(9)19/h2-6,14H,1H3. The van der Waals surface area contributed by atoms with Crippen LogP contribution in [0.15, 0.2) is 30.3 Å². The quantitative estimate of drug-likeness (QED) is 0.459. The van der Waals surface area contributed by atoms with Gasteiger partial charge in [-0.1, -0.05) is 11.6 Å². The van der Waals surface area contributed by atoms with Gasteiger partial charge < -0.3 is 4.74 Å². The number of hydrogen-bond donors (Lipinski definition) is 0. The highest BCUT2D eigenvalue weighted by molar-refractivity contribution is 14.1. The second-order valence-electron chi connectivity index (χ2n) is 4.03. The van der Waals surface area contributed by atoms with Crippen molar-refractivity contribution in [3.05, 3.63) is 61.7 Å². The summed E-state index contributed by atoms with van der Waals surface area (Å²) in [4.78, 5) is 0. The highest BCUT2D eigenvalue weighted by Crippen LogP contribution is 2.37. The molecule has 0 aliphatic heterocycles. The summed E-state index contributed by atoms with van der Waals surface area (Å²) in [6, 6.07) is 7.24. The minimum Gasteiger partial charge on any atom is -0.497 e. The fourth-order valence-electron chi connectivity index (χ4n) is 1.79. The Labute approximate surface area is 139 Å². The molecule has 0 fully saturated rings. The van der Waals surface area contributed by atoms with E-state index in [1.807, 2.05) is 22.6 Å². The van der Waals surface area contributed by atoms with E-state index in [9.17, 15) is 8.78 Å². The molecule has 0 amide bonds. The van der Waals surface area contributed by atoms with Gasteiger partial charge in [-0.2, -0.15) is 0 Å². The van der Waals surface area contributed by atoms with Gasteiger partial charge in [0.15, 0.2) is 0 Å². The first-order valence-electron chi connectivity index (χ1n) is 5.56. The van der Waals surface area contributed by atoms with Gasteiger partial charge in [0, 0.05) is 26.3 Å². The van der Waals surface area contributed by atoms with E-state index in [-0.39, 0.29) is 11.3 Å². The van der Waals surface area contributed by atoms with Crippen LogP contribution in [0.1, 0.15) is 16.5 Å². The maximum absolute atomic E-state index is 14.0. The minimum absolute atomic E-state index is 0.105. The van der Waals surface area contributed by atoms with E-state index in [1.165, 1.54) is 7.11 Å². The molecule has 2 rings (SSSR count). The van der Waals surface area contributed by atoms with E-state index in [1.54, 1.807) is 18.2 Å². The zero-order valence-electron chi connectivity index (χ0n) is 10.3. The largest absolute Gasteiger partial charge is 0.497 e. The number of ether oxygens (including phenoxy) is 1. The molecule has 0 aliphatic carbocycles. The monoisotopic (exact) mass is 428 g/mol. The van der Waals surface area contributed by atoms with Gasteiger partial charge in [0.05, 0.1) is 12.5 Å². The summed E-state index contributed by atoms with van der Waals surface area (Å²) >= 11 is 14.2. The van der Waals surface area contributed by atoms with E-state index >= 15 is 0 Å². The summed E-state index contributed by atoms with van der Waals surface area (Å²) in [6.45, 7) is 0. The first-order chi connectivity index (χ1) is 9.43. The molecule has 0 saturated heterocycles. The first-order valence-corrected chi connectivity index (χ1v) is 7.45. The third-order valence-corrected chi connectivity index (χ3v) is 4.44. The summed E-state index contributed by atoms with van der Waals surface area (Å²) in [6.07, 6.45) is 0. The molecule has 2 aromatic carbocycles. The van der Waals surface area contributed by atoms with Crippen molar-refractivity contribution in [2.45, 2.75) is 5.38 Å². The molecule has 0 radical (unpaired) electrons. The summed E-state index contributed by atoms with van der Waals surface area (Å²) in [7, 11) is 1.34. The highest BCUT2D eigenvalue weighted by atomic mass is 127. The van der Waals surface area contributed by atoms with E-state index in [0.29, 0.717) is 10.6 Å². The van der Waals surface area contributed by atoms with Gasteiger partial charge in [-0.25, -0.2) is 8.78 Å². The minimum atomic E-state index is -0.966. The van der Waals surface area contributed by atoms with Crippen molar-refractivity contribution in [1.29, 1.82) is 0 Å². The first kappa shape index (κ1) is 15.8. The van der Waals surface area contributed by atoms with E-state index in [4.69, 9.17) is 27.9 Å². The van der Waals surface area contributed by atoms with Crippen LogP contribution in [0.25, 0.3) is 0 Å². The summed E-state index contributed by atoms with van der Waals surface area (Å²) in [5, 5.41) is -0.507. The maximum Gasteiger partial charge on any atom is 0.134 e. The molecule has 0 aliphatic rings. The third-order valence-electron chi connectivity index (χ3n) is 2.77. The van der Waals surface area contributed by atoms with Crippen LogP contribution in [0.3, 0.4) is 0 Å². The number of alkyl halides is 1. The van der Waals surface area contributed by atoms with Crippen LogP contribution < -0.4 is 4.74 Å². The smallest absolute Gasteiger partial charge is 0.134 e. The van der Waals surface area contributed by atoms with Gasteiger partial charge in [0.1, 0.15) is 17.4 Å². The van der Waals surface area contributed by atoms with Crippen LogP contribution in [0.5, 0.6) is 5.75 Å². The van der Waals surface area contributed by atoms with E-state index < -0.39 is 17.0 Å². The van der Waals surface area contributed by atoms with Crippen molar-refractivity contribution < 1.29 is 13.5 Å². The molecule has 2 aromatic rings. The second-order valence-corrected chi connectivity index (χ2v) is 6.07. The normalized spacial score (nSPS) is 12.3.